The number of aromatic nitrogens is 1. The predicted octanol–water partition coefficient (Wildman–Crippen LogP) is -15.9. The lowest BCUT2D eigenvalue weighted by atomic mass is 9.57. The van der Waals surface area contributed by atoms with Crippen molar-refractivity contribution in [3.05, 3.63) is 0 Å². The van der Waals surface area contributed by atoms with Gasteiger partial charge < -0.3 is 4.98 Å². The first-order valence-electron chi connectivity index (χ1n) is 11.5. The van der Waals surface area contributed by atoms with Gasteiger partial charge in [-0.05, 0) is 16.5 Å². The molecule has 0 unspecified atom stereocenters. The van der Waals surface area contributed by atoms with Gasteiger partial charge in [-0.1, -0.05) is 43.7 Å². The Balaban J connectivity index is 2.30. The largest absolute Gasteiger partial charge is 0.356 e. The molecule has 1 heterocycles. The van der Waals surface area contributed by atoms with Crippen LogP contribution in [0.3, 0.4) is 0 Å². The van der Waals surface area contributed by atoms with Crippen LogP contribution in [-0.4, -0.2) is 99.1 Å². The lowest BCUT2D eigenvalue weighted by molar-refractivity contribution is 1.59. The number of rotatable bonds is 1. The van der Waals surface area contributed by atoms with Crippen LogP contribution in [0.5, 0.6) is 0 Å². The molecule has 1 nitrogen and oxygen atoms in total. The smallest absolute Gasteiger partial charge is 0.141 e. The van der Waals surface area contributed by atoms with E-state index in [-0.39, 0.29) is 0 Å². The van der Waals surface area contributed by atoms with E-state index >= 15 is 0 Å². The van der Waals surface area contributed by atoms with Crippen LogP contribution in [0, 0.1) is 0 Å². The van der Waals surface area contributed by atoms with Crippen molar-refractivity contribution in [2.24, 2.45) is 0 Å². The lowest BCUT2D eigenvalue weighted by Gasteiger charge is -2.25. The van der Waals surface area contributed by atoms with Crippen molar-refractivity contribution in [1.82, 2.24) is 4.98 Å². The molecule has 1 aromatic heterocycles. The summed E-state index contributed by atoms with van der Waals surface area (Å²) in [4.78, 5) is 3.84. The van der Waals surface area contributed by atoms with Gasteiger partial charge in [0, 0.05) is 16.4 Å². The summed E-state index contributed by atoms with van der Waals surface area (Å²) in [6, 6.07) is 0. The summed E-state index contributed by atoms with van der Waals surface area (Å²) in [6.45, 7) is 0. The van der Waals surface area contributed by atoms with Crippen LogP contribution in [0.2, 0.25) is 0 Å². The van der Waals surface area contributed by atoms with E-state index in [1.165, 1.54) is 98.5 Å². The molecule has 0 saturated heterocycles. The van der Waals surface area contributed by atoms with Gasteiger partial charge in [-0.2, -0.15) is 0 Å². The quantitative estimate of drug-likeness (QED) is 0.314. The highest BCUT2D eigenvalue weighted by Gasteiger charge is 2.22. The fourth-order valence-corrected chi connectivity index (χ4v) is 5.78. The van der Waals surface area contributed by atoms with Crippen LogP contribution >= 0.6 is 0 Å². The minimum Gasteiger partial charge on any atom is -0.356 e. The zero-order chi connectivity index (χ0) is 23.1. The molecule has 4 rings (SSSR count). The summed E-state index contributed by atoms with van der Waals surface area (Å²) in [5.41, 5.74) is 22.4. The van der Waals surface area contributed by atoms with Crippen molar-refractivity contribution in [1.29, 1.82) is 0 Å². The highest BCUT2D eigenvalue weighted by molar-refractivity contribution is 6.72. The number of hydrogen-bond acceptors (Lipinski definition) is 0. The number of aromatic amines is 1. The first kappa shape index (κ1) is 22.4. The fourth-order valence-electron chi connectivity index (χ4n) is 5.78. The molecular weight excluding hydrogens is 360 g/mol. The summed E-state index contributed by atoms with van der Waals surface area (Å²) in [7, 11) is 27.5. The number of benzene rings is 3. The average molecular weight is 385 g/mol. The molecule has 0 atom stereocenters. The van der Waals surface area contributed by atoms with Crippen LogP contribution in [0.4, 0.5) is 0 Å². The average Bonchev–Trinajstić information content (AvgIpc) is 3.15. The summed E-state index contributed by atoms with van der Waals surface area (Å²) < 4.78 is 0. The summed E-state index contributed by atoms with van der Waals surface area (Å²) >= 11 is 0. The number of H-pyrrole nitrogens is 1. The van der Waals surface area contributed by atoms with E-state index in [2.05, 4.69) is 99.1 Å². The van der Waals surface area contributed by atoms with Crippen molar-refractivity contribution < 1.29 is 0 Å². The van der Waals surface area contributed by atoms with Crippen LogP contribution in [0.15, 0.2) is 0 Å². The van der Waals surface area contributed by atoms with Gasteiger partial charge >= 0.3 is 0 Å². The SMILES string of the molecule is Bc1c(B)c(B)c(-c2c(B)c(B)c3[nH]c4c(B)c(B)c(B)c(B)c4c3c2B)c(B)c1B. The highest BCUT2D eigenvalue weighted by Crippen LogP contribution is 2.21. The van der Waals surface area contributed by atoms with Gasteiger partial charge in [-0.15, -0.1) is 21.9 Å². The first-order valence-corrected chi connectivity index (χ1v) is 11.5. The zero-order valence-electron chi connectivity index (χ0n) is 21.5. The molecule has 0 amide bonds. The molecule has 0 aliphatic rings. The third kappa shape index (κ3) is 2.87. The minimum absolute atomic E-state index is 1.31. The zero-order valence-corrected chi connectivity index (χ0v) is 21.5. The molecule has 0 aliphatic carbocycles. The van der Waals surface area contributed by atoms with Crippen molar-refractivity contribution in [3.63, 3.8) is 0 Å². The summed E-state index contributed by atoms with van der Waals surface area (Å²) in [5.74, 6) is 0. The maximum atomic E-state index is 3.84. The second-order valence-corrected chi connectivity index (χ2v) is 9.88. The third-order valence-corrected chi connectivity index (χ3v) is 8.75. The van der Waals surface area contributed by atoms with Crippen molar-refractivity contribution in [2.45, 2.75) is 0 Å². The van der Waals surface area contributed by atoms with Gasteiger partial charge in [0.05, 0.1) is 0 Å². The fraction of sp³-hybridized carbons (Fsp3) is 0. The lowest BCUT2D eigenvalue weighted by Crippen LogP contribution is -2.56. The second kappa shape index (κ2) is 7.39. The second-order valence-electron chi connectivity index (χ2n) is 9.88. The molecule has 31 heavy (non-hydrogen) atoms. The standard InChI is InChI=1S/C18H25B12N/c19-5-1(2-6(20)10(24)13(27)11(25)7(2)21)8(22)15(29)17-3(5)4-9(23)12(26)14(28)16(30)18(4)31-17/h31H,19-30H2. The van der Waals surface area contributed by atoms with Gasteiger partial charge in [-0.3, -0.25) is 0 Å². The van der Waals surface area contributed by atoms with Crippen molar-refractivity contribution >= 4 is 182 Å². The van der Waals surface area contributed by atoms with Crippen molar-refractivity contribution in [3.8, 4) is 11.1 Å². The van der Waals surface area contributed by atoms with Crippen LogP contribution in [0.25, 0.3) is 32.9 Å². The number of fused-ring (bicyclic) bond motifs is 3. The van der Waals surface area contributed by atoms with Crippen LogP contribution in [-0.2, 0) is 0 Å². The van der Waals surface area contributed by atoms with Crippen molar-refractivity contribution in [2.75, 3.05) is 0 Å². The van der Waals surface area contributed by atoms with Gasteiger partial charge in [-0.25, -0.2) is 0 Å². The molecule has 1 N–H and O–H groups in total. The Morgan fingerprint density at radius 2 is 0.581 bits per heavy atom. The Morgan fingerprint density at radius 1 is 0.290 bits per heavy atom. The predicted molar refractivity (Wildman–Crippen MR) is 179 cm³/mol. The van der Waals surface area contributed by atoms with E-state index in [1.807, 2.05) is 0 Å². The molecule has 0 aliphatic heterocycles. The Labute approximate surface area is 197 Å². The van der Waals surface area contributed by atoms with Gasteiger partial charge in [0.15, 0.2) is 0 Å². The molecule has 0 fully saturated rings. The maximum Gasteiger partial charge on any atom is 0.141 e. The van der Waals surface area contributed by atoms with E-state index in [0.717, 1.165) is 0 Å². The molecule has 13 heteroatoms. The van der Waals surface area contributed by atoms with Gasteiger partial charge in [0.1, 0.15) is 94.2 Å². The molecule has 0 spiro atoms. The monoisotopic (exact) mass is 387 g/mol. The first-order chi connectivity index (χ1) is 14.4. The molecule has 4 aromatic rings. The van der Waals surface area contributed by atoms with E-state index < -0.39 is 0 Å². The van der Waals surface area contributed by atoms with Crippen LogP contribution < -0.4 is 65.6 Å². The molecule has 0 saturated carbocycles. The number of nitrogens with one attached hydrogen (secondary N) is 1. The summed E-state index contributed by atoms with van der Waals surface area (Å²) in [6.07, 6.45) is 0. The molecule has 3 aromatic carbocycles. The number of hydrogen-bond donors (Lipinski definition) is 1. The Bertz CT molecular complexity index is 1420. The van der Waals surface area contributed by atoms with E-state index in [0.29, 0.717) is 0 Å². The normalized spacial score (nSPS) is 11.5. The topological polar surface area (TPSA) is 15.8 Å². The summed E-state index contributed by atoms with van der Waals surface area (Å²) in [5, 5.41) is 2.82. The van der Waals surface area contributed by atoms with E-state index in [4.69, 9.17) is 0 Å². The van der Waals surface area contributed by atoms with Crippen LogP contribution in [0.1, 0.15) is 0 Å². The highest BCUT2D eigenvalue weighted by atomic mass is 14.7. The Morgan fingerprint density at radius 3 is 1.10 bits per heavy atom. The Hall–Kier alpha value is -1.76. The maximum absolute atomic E-state index is 3.84. The van der Waals surface area contributed by atoms with E-state index in [9.17, 15) is 0 Å². The molecule has 0 radical (unpaired) electrons. The molecule has 0 bridgehead atoms. The van der Waals surface area contributed by atoms with E-state index in [1.54, 1.807) is 0 Å². The third-order valence-electron chi connectivity index (χ3n) is 8.75. The van der Waals surface area contributed by atoms with Gasteiger partial charge in [0.2, 0.25) is 0 Å². The molecule has 138 valence electrons. The minimum atomic E-state index is 1.31. The molecular formula is C18H25B12N. The Kier molecular flexibility index (Phi) is 5.35. The van der Waals surface area contributed by atoms with Gasteiger partial charge in [0.25, 0.3) is 0 Å².